The van der Waals surface area contributed by atoms with Gasteiger partial charge in [-0.15, -0.1) is 0 Å². The van der Waals surface area contributed by atoms with Crippen molar-refractivity contribution in [3.63, 3.8) is 0 Å². The van der Waals surface area contributed by atoms with E-state index < -0.39 is 0 Å². The molecule has 3 heteroatoms. The van der Waals surface area contributed by atoms with Crippen molar-refractivity contribution in [3.8, 4) is 0 Å². The number of rotatable bonds is 4. The number of carbonyl (C=O) groups excluding carboxylic acids is 1. The fourth-order valence-electron chi connectivity index (χ4n) is 2.97. The highest BCUT2D eigenvalue weighted by atomic mass is 16.2. The molecule has 19 heavy (non-hydrogen) atoms. The maximum atomic E-state index is 12.1. The molecular formula is C16H22N2O. The Hall–Kier alpha value is -1.35. The molecule has 3 nitrogen and oxygen atoms in total. The molecule has 1 aromatic carbocycles. The Morgan fingerprint density at radius 2 is 2.05 bits per heavy atom. The van der Waals surface area contributed by atoms with E-state index in [1.807, 2.05) is 6.07 Å². The summed E-state index contributed by atoms with van der Waals surface area (Å²) in [6.07, 6.45) is 5.71. The van der Waals surface area contributed by atoms with Crippen molar-refractivity contribution in [2.75, 3.05) is 13.1 Å². The first-order valence-corrected chi connectivity index (χ1v) is 7.37. The SMILES string of the molecule is O=C(NCC1(c2ccccc2)CC1)C1CCCCN1. The second-order valence-corrected chi connectivity index (χ2v) is 5.87. The van der Waals surface area contributed by atoms with Gasteiger partial charge in [0.2, 0.25) is 5.91 Å². The minimum Gasteiger partial charge on any atom is -0.354 e. The smallest absolute Gasteiger partial charge is 0.237 e. The third kappa shape index (κ3) is 2.81. The van der Waals surface area contributed by atoms with Gasteiger partial charge in [0.25, 0.3) is 0 Å². The minimum atomic E-state index is 0.0281. The van der Waals surface area contributed by atoms with Crippen LogP contribution in [0.15, 0.2) is 30.3 Å². The van der Waals surface area contributed by atoms with Gasteiger partial charge in [-0.25, -0.2) is 0 Å². The van der Waals surface area contributed by atoms with E-state index in [9.17, 15) is 4.79 Å². The molecule has 1 aliphatic heterocycles. The molecule has 2 fully saturated rings. The Labute approximate surface area is 114 Å². The molecule has 1 atom stereocenters. The van der Waals surface area contributed by atoms with Crippen molar-refractivity contribution in [3.05, 3.63) is 35.9 Å². The zero-order chi connectivity index (χ0) is 13.1. The van der Waals surface area contributed by atoms with E-state index in [1.54, 1.807) is 0 Å². The van der Waals surface area contributed by atoms with Crippen LogP contribution in [0.3, 0.4) is 0 Å². The van der Waals surface area contributed by atoms with Crippen molar-refractivity contribution in [2.24, 2.45) is 0 Å². The highest BCUT2D eigenvalue weighted by Crippen LogP contribution is 2.47. The van der Waals surface area contributed by atoms with Gasteiger partial charge in [-0.3, -0.25) is 4.79 Å². The Morgan fingerprint density at radius 1 is 1.26 bits per heavy atom. The van der Waals surface area contributed by atoms with Crippen LogP contribution in [0, 0.1) is 0 Å². The summed E-state index contributed by atoms with van der Waals surface area (Å²) in [6.45, 7) is 1.76. The largest absolute Gasteiger partial charge is 0.354 e. The standard InChI is InChI=1S/C16H22N2O/c19-15(14-8-4-5-11-17-14)18-12-16(9-10-16)13-6-2-1-3-7-13/h1-3,6-7,14,17H,4-5,8-12H2,(H,18,19). The second-order valence-electron chi connectivity index (χ2n) is 5.87. The summed E-state index contributed by atoms with van der Waals surface area (Å²) in [5.74, 6) is 0.182. The molecule has 1 saturated carbocycles. The van der Waals surface area contributed by atoms with Crippen molar-refractivity contribution < 1.29 is 4.79 Å². The third-order valence-corrected chi connectivity index (χ3v) is 4.47. The van der Waals surface area contributed by atoms with Crippen LogP contribution in [-0.2, 0) is 10.2 Å². The van der Waals surface area contributed by atoms with Gasteiger partial charge in [-0.2, -0.15) is 0 Å². The lowest BCUT2D eigenvalue weighted by atomic mass is 9.95. The zero-order valence-electron chi connectivity index (χ0n) is 11.3. The predicted octanol–water partition coefficient (Wildman–Crippen LogP) is 1.98. The van der Waals surface area contributed by atoms with Crippen molar-refractivity contribution in [1.29, 1.82) is 0 Å². The Kier molecular flexibility index (Phi) is 3.56. The van der Waals surface area contributed by atoms with Crippen LogP contribution in [0.4, 0.5) is 0 Å². The molecule has 1 amide bonds. The lowest BCUT2D eigenvalue weighted by Crippen LogP contribution is -2.48. The lowest BCUT2D eigenvalue weighted by molar-refractivity contribution is -0.123. The van der Waals surface area contributed by atoms with E-state index in [-0.39, 0.29) is 17.4 Å². The average molecular weight is 258 g/mol. The fourth-order valence-corrected chi connectivity index (χ4v) is 2.97. The first-order chi connectivity index (χ1) is 9.30. The van der Waals surface area contributed by atoms with E-state index in [4.69, 9.17) is 0 Å². The van der Waals surface area contributed by atoms with Crippen molar-refractivity contribution in [2.45, 2.75) is 43.6 Å². The molecule has 1 unspecified atom stereocenters. The van der Waals surface area contributed by atoms with Crippen LogP contribution in [0.1, 0.15) is 37.7 Å². The second kappa shape index (κ2) is 5.33. The maximum absolute atomic E-state index is 12.1. The number of amides is 1. The molecule has 0 aromatic heterocycles. The first kappa shape index (κ1) is 12.7. The third-order valence-electron chi connectivity index (χ3n) is 4.47. The van der Waals surface area contributed by atoms with Gasteiger partial charge >= 0.3 is 0 Å². The zero-order valence-corrected chi connectivity index (χ0v) is 11.3. The summed E-state index contributed by atoms with van der Waals surface area (Å²) in [5, 5.41) is 6.46. The monoisotopic (exact) mass is 258 g/mol. The molecule has 0 spiro atoms. The van der Waals surface area contributed by atoms with Crippen LogP contribution in [0.25, 0.3) is 0 Å². The van der Waals surface area contributed by atoms with E-state index in [1.165, 1.54) is 24.8 Å². The first-order valence-electron chi connectivity index (χ1n) is 7.37. The molecule has 0 bridgehead atoms. The number of hydrogen-bond donors (Lipinski definition) is 2. The Bertz CT molecular complexity index is 433. The van der Waals surface area contributed by atoms with E-state index in [0.29, 0.717) is 0 Å². The van der Waals surface area contributed by atoms with Gasteiger partial charge in [-0.05, 0) is 37.8 Å². The Morgan fingerprint density at radius 3 is 2.68 bits per heavy atom. The molecule has 1 aromatic rings. The van der Waals surface area contributed by atoms with Crippen LogP contribution in [-0.4, -0.2) is 25.0 Å². The number of piperidine rings is 1. The van der Waals surface area contributed by atoms with E-state index >= 15 is 0 Å². The van der Waals surface area contributed by atoms with Crippen molar-refractivity contribution in [1.82, 2.24) is 10.6 Å². The van der Waals surface area contributed by atoms with Crippen LogP contribution < -0.4 is 10.6 Å². The van der Waals surface area contributed by atoms with Crippen LogP contribution in [0.5, 0.6) is 0 Å². The molecule has 2 N–H and O–H groups in total. The molecule has 2 aliphatic rings. The molecule has 0 radical (unpaired) electrons. The number of carbonyl (C=O) groups is 1. The summed E-state index contributed by atoms with van der Waals surface area (Å²) in [4.78, 5) is 12.1. The van der Waals surface area contributed by atoms with Gasteiger partial charge in [0.1, 0.15) is 0 Å². The molecule has 1 aliphatic carbocycles. The summed E-state index contributed by atoms with van der Waals surface area (Å²) in [7, 11) is 0. The number of nitrogens with one attached hydrogen (secondary N) is 2. The molecule has 1 heterocycles. The number of benzene rings is 1. The van der Waals surface area contributed by atoms with E-state index in [2.05, 4.69) is 34.9 Å². The van der Waals surface area contributed by atoms with Gasteiger partial charge in [0, 0.05) is 12.0 Å². The average Bonchev–Trinajstić information content (AvgIpc) is 3.28. The molecule has 3 rings (SSSR count). The van der Waals surface area contributed by atoms with Gasteiger partial charge in [-0.1, -0.05) is 36.8 Å². The normalized spacial score (nSPS) is 24.7. The van der Waals surface area contributed by atoms with Gasteiger partial charge in [0.15, 0.2) is 0 Å². The highest BCUT2D eigenvalue weighted by molar-refractivity contribution is 5.82. The summed E-state index contributed by atoms with van der Waals surface area (Å²) in [5.41, 5.74) is 1.58. The maximum Gasteiger partial charge on any atom is 0.237 e. The summed E-state index contributed by atoms with van der Waals surface area (Å²) in [6, 6.07) is 10.6. The quantitative estimate of drug-likeness (QED) is 0.867. The topological polar surface area (TPSA) is 41.1 Å². The van der Waals surface area contributed by atoms with Crippen LogP contribution >= 0.6 is 0 Å². The summed E-state index contributed by atoms with van der Waals surface area (Å²) >= 11 is 0. The van der Waals surface area contributed by atoms with E-state index in [0.717, 1.165) is 25.9 Å². The Balaban J connectivity index is 1.56. The van der Waals surface area contributed by atoms with Gasteiger partial charge in [0.05, 0.1) is 6.04 Å². The fraction of sp³-hybridized carbons (Fsp3) is 0.562. The molecule has 102 valence electrons. The molecule has 1 saturated heterocycles. The van der Waals surface area contributed by atoms with Crippen LogP contribution in [0.2, 0.25) is 0 Å². The summed E-state index contributed by atoms with van der Waals surface area (Å²) < 4.78 is 0. The van der Waals surface area contributed by atoms with Gasteiger partial charge < -0.3 is 10.6 Å². The predicted molar refractivity (Wildman–Crippen MR) is 76.0 cm³/mol. The minimum absolute atomic E-state index is 0.0281. The molecular weight excluding hydrogens is 236 g/mol. The van der Waals surface area contributed by atoms with Crippen molar-refractivity contribution >= 4 is 5.91 Å². The number of hydrogen-bond acceptors (Lipinski definition) is 2. The lowest BCUT2D eigenvalue weighted by Gasteiger charge is -2.24. The highest BCUT2D eigenvalue weighted by Gasteiger charge is 2.44.